The Bertz CT molecular complexity index is 5240. The van der Waals surface area contributed by atoms with Gasteiger partial charge >= 0.3 is 0 Å². The van der Waals surface area contributed by atoms with E-state index in [0.717, 1.165) is 124 Å². The summed E-state index contributed by atoms with van der Waals surface area (Å²) in [5, 5.41) is 4.37. The van der Waals surface area contributed by atoms with Crippen LogP contribution in [0.4, 0.5) is 51.7 Å². The predicted octanol–water partition coefficient (Wildman–Crippen LogP) is 23.5. The van der Waals surface area contributed by atoms with Crippen molar-refractivity contribution in [1.29, 1.82) is 0 Å². The average molecular weight is 1370 g/mol. The van der Waals surface area contributed by atoms with Gasteiger partial charge in [0.25, 0.3) is 0 Å². The number of benzene rings is 14. The summed E-state index contributed by atoms with van der Waals surface area (Å²) in [4.78, 5) is 3.33. The molecule has 0 saturated carbocycles. The smallest absolute Gasteiger partial charge is 0.150 e. The Hall–Kier alpha value is -11.6. The predicted molar refractivity (Wildman–Crippen MR) is 409 cm³/mol. The molecule has 0 radical (unpaired) electrons. The lowest BCUT2D eigenvalue weighted by Gasteiger charge is -2.40. The molecule has 104 heavy (non-hydrogen) atoms. The number of ether oxygens (including phenoxy) is 4. The fourth-order valence-electron chi connectivity index (χ4n) is 16.7. The highest BCUT2D eigenvalue weighted by molar-refractivity contribution is 5.95. The normalized spacial score (nSPS) is 17.1. The number of para-hydroxylation sites is 2. The first kappa shape index (κ1) is 64.5. The van der Waals surface area contributed by atoms with Crippen molar-refractivity contribution in [3.8, 4) is 44.9 Å². The SMILES string of the molecule is CCC1(COc2ccc(C3(c4ccc5ccccc5c4)c4ccccc4-c4ccc(N(c5ccc(-c6ccc(N(c7ccc8c(c7)C(c7ccc(OCC9(CC)COC9)cc7)(c7ccc9ccccc9c7)c7ccccc7-8)c7c(F)cccc7F)cc6)cc5)c5c(F)cccc5F)cc43)cc2)COC1. The summed E-state index contributed by atoms with van der Waals surface area (Å²) in [6.45, 7) is 8.15. The van der Waals surface area contributed by atoms with Crippen molar-refractivity contribution in [3.63, 3.8) is 0 Å². The van der Waals surface area contributed by atoms with Gasteiger partial charge < -0.3 is 28.7 Å². The molecular formula is C94H72F4N2O4. The quantitative estimate of drug-likeness (QED) is 0.0752. The van der Waals surface area contributed by atoms with E-state index < -0.39 is 34.1 Å². The van der Waals surface area contributed by atoms with Gasteiger partial charge in [0.15, 0.2) is 0 Å². The maximum atomic E-state index is 16.9. The number of hydrogen-bond donors (Lipinski definition) is 0. The van der Waals surface area contributed by atoms with Crippen molar-refractivity contribution in [2.45, 2.75) is 37.5 Å². The third kappa shape index (κ3) is 10.5. The second-order valence-corrected chi connectivity index (χ2v) is 28.4. The highest BCUT2D eigenvalue weighted by Gasteiger charge is 2.49. The van der Waals surface area contributed by atoms with Crippen LogP contribution in [-0.4, -0.2) is 39.6 Å². The second-order valence-electron chi connectivity index (χ2n) is 28.4. The highest BCUT2D eigenvalue weighted by Crippen LogP contribution is 2.60. The lowest BCUT2D eigenvalue weighted by atomic mass is 9.67. The van der Waals surface area contributed by atoms with Gasteiger partial charge in [-0.25, -0.2) is 17.6 Å². The van der Waals surface area contributed by atoms with E-state index in [1.807, 2.05) is 72.8 Å². The van der Waals surface area contributed by atoms with Crippen molar-refractivity contribution in [3.05, 3.63) is 371 Å². The molecule has 2 saturated heterocycles. The van der Waals surface area contributed by atoms with Crippen LogP contribution in [0.25, 0.3) is 54.9 Å². The molecule has 2 heterocycles. The molecule has 18 rings (SSSR count). The third-order valence-corrected chi connectivity index (χ3v) is 22.6. The number of halogens is 4. The summed E-state index contributed by atoms with van der Waals surface area (Å²) in [5.41, 5.74) is 13.7. The van der Waals surface area contributed by atoms with Crippen molar-refractivity contribution in [2.75, 3.05) is 49.4 Å². The number of rotatable bonds is 19. The van der Waals surface area contributed by atoms with Crippen LogP contribution in [0.5, 0.6) is 11.5 Å². The summed E-state index contributed by atoms with van der Waals surface area (Å²) < 4.78 is 91.7. The Morgan fingerprint density at radius 1 is 0.308 bits per heavy atom. The van der Waals surface area contributed by atoms with Crippen molar-refractivity contribution in [2.24, 2.45) is 10.8 Å². The summed E-state index contributed by atoms with van der Waals surface area (Å²) >= 11 is 0. The minimum atomic E-state index is -0.901. The molecule has 6 nitrogen and oxygen atoms in total. The molecule has 0 N–H and O–H groups in total. The van der Waals surface area contributed by atoms with Crippen LogP contribution in [0.2, 0.25) is 0 Å². The third-order valence-electron chi connectivity index (χ3n) is 22.6. The van der Waals surface area contributed by atoms with Gasteiger partial charge in [0.05, 0.1) is 61.3 Å². The molecular weight excluding hydrogens is 1300 g/mol. The van der Waals surface area contributed by atoms with E-state index in [-0.39, 0.29) is 22.2 Å². The highest BCUT2D eigenvalue weighted by atomic mass is 19.1. The molecule has 14 aromatic rings. The Morgan fingerprint density at radius 2 is 0.644 bits per heavy atom. The summed E-state index contributed by atoms with van der Waals surface area (Å²) in [5.74, 6) is -1.40. The minimum Gasteiger partial charge on any atom is -0.493 e. The van der Waals surface area contributed by atoms with E-state index in [1.165, 1.54) is 36.4 Å². The largest absolute Gasteiger partial charge is 0.493 e. The Balaban J connectivity index is 0.732. The molecule has 0 aromatic heterocycles. The standard InChI is InChI=1S/C94H72F4N2O4/c1-3-91(55-101-56-91)59-103-75-45-35-67(36-46-75)93(69-33-27-61-15-5-7-17-65(61)51-69)81-21-11-9-19-77(81)79-49-43-73(53-83(79)93)99(89-85(95)23-13-24-86(89)96)71-39-29-63(30-40-71)64-31-41-72(42-32-64)100(90-87(97)25-14-26-88(90)98)74-44-50-80-78-20-10-12-22-82(78)94(84(80)54-74,70-34-28-62-16-6-8-18-66(62)52-70)68-37-47-76(48-38-68)104-60-92(4-2)57-102-58-92/h5-54H,3-4,55-60H2,1-2H3. The monoisotopic (exact) mass is 1370 g/mol. The van der Waals surface area contributed by atoms with Crippen LogP contribution in [-0.2, 0) is 20.3 Å². The molecule has 10 heteroatoms. The molecule has 2 unspecified atom stereocenters. The van der Waals surface area contributed by atoms with Gasteiger partial charge in [0.1, 0.15) is 46.1 Å². The van der Waals surface area contributed by atoms with Crippen LogP contribution in [0.3, 0.4) is 0 Å². The summed E-state index contributed by atoms with van der Waals surface area (Å²) in [7, 11) is 0. The van der Waals surface area contributed by atoms with Gasteiger partial charge in [0.2, 0.25) is 0 Å². The van der Waals surface area contributed by atoms with Crippen molar-refractivity contribution < 1.29 is 36.5 Å². The molecule has 510 valence electrons. The topological polar surface area (TPSA) is 43.4 Å². The van der Waals surface area contributed by atoms with E-state index in [9.17, 15) is 0 Å². The summed E-state index contributed by atoms with van der Waals surface area (Å²) in [6, 6.07) is 99.3. The Kier molecular flexibility index (Phi) is 16.0. The average Bonchev–Trinajstić information content (AvgIpc) is 1.52. The van der Waals surface area contributed by atoms with Crippen LogP contribution in [0, 0.1) is 34.1 Å². The van der Waals surface area contributed by atoms with Crippen molar-refractivity contribution >= 4 is 55.7 Å². The zero-order valence-corrected chi connectivity index (χ0v) is 57.6. The van der Waals surface area contributed by atoms with Crippen LogP contribution >= 0.6 is 0 Å². The van der Waals surface area contributed by atoms with Gasteiger partial charge in [-0.2, -0.15) is 0 Å². The maximum Gasteiger partial charge on any atom is 0.150 e. The molecule has 2 aliphatic heterocycles. The molecule has 2 atom stereocenters. The van der Waals surface area contributed by atoms with Crippen LogP contribution in [0.15, 0.2) is 303 Å². The molecule has 2 fully saturated rings. The Morgan fingerprint density at radius 3 is 1.01 bits per heavy atom. The second kappa shape index (κ2) is 25.7. The minimum absolute atomic E-state index is 0.00951. The van der Waals surface area contributed by atoms with E-state index in [2.05, 4.69) is 208 Å². The lowest BCUT2D eigenvalue weighted by molar-refractivity contribution is -0.133. The zero-order valence-electron chi connectivity index (χ0n) is 57.6. The van der Waals surface area contributed by atoms with Crippen LogP contribution in [0.1, 0.15) is 71.2 Å². The number of nitrogens with zero attached hydrogens (tertiary/aromatic N) is 2. The van der Waals surface area contributed by atoms with Gasteiger partial charge in [-0.15, -0.1) is 0 Å². The van der Waals surface area contributed by atoms with Gasteiger partial charge in [-0.1, -0.05) is 208 Å². The van der Waals surface area contributed by atoms with E-state index in [4.69, 9.17) is 18.9 Å². The maximum absolute atomic E-state index is 16.9. The molecule has 0 amide bonds. The first-order valence-corrected chi connectivity index (χ1v) is 35.8. The van der Waals surface area contributed by atoms with E-state index in [0.29, 0.717) is 62.4 Å². The summed E-state index contributed by atoms with van der Waals surface area (Å²) in [6.07, 6.45) is 1.91. The first-order chi connectivity index (χ1) is 51.0. The number of fused-ring (bicyclic) bond motifs is 8. The van der Waals surface area contributed by atoms with Gasteiger partial charge in [-0.05, 0) is 221 Å². The zero-order chi connectivity index (χ0) is 70.3. The van der Waals surface area contributed by atoms with E-state index in [1.54, 1.807) is 9.80 Å². The fraction of sp³-hybridized carbons (Fsp3) is 0.149. The van der Waals surface area contributed by atoms with Gasteiger partial charge in [-0.3, -0.25) is 0 Å². The van der Waals surface area contributed by atoms with Crippen LogP contribution < -0.4 is 19.3 Å². The molecule has 4 aliphatic rings. The molecule has 0 spiro atoms. The van der Waals surface area contributed by atoms with Gasteiger partial charge in [0, 0.05) is 22.7 Å². The Labute approximate surface area is 602 Å². The number of anilines is 6. The number of hydrogen-bond acceptors (Lipinski definition) is 6. The lowest BCUT2D eigenvalue weighted by Crippen LogP contribution is -2.46. The van der Waals surface area contributed by atoms with E-state index >= 15 is 17.6 Å². The fourth-order valence-corrected chi connectivity index (χ4v) is 16.7. The molecule has 2 aliphatic carbocycles. The molecule has 0 bridgehead atoms. The van der Waals surface area contributed by atoms with Crippen molar-refractivity contribution in [1.82, 2.24) is 0 Å². The molecule has 14 aromatic carbocycles. The first-order valence-electron chi connectivity index (χ1n) is 35.8.